The van der Waals surface area contributed by atoms with Crippen molar-refractivity contribution in [2.24, 2.45) is 0 Å². The third-order valence-corrected chi connectivity index (χ3v) is 5.30. The molecule has 0 saturated carbocycles. The molecule has 1 aromatic heterocycles. The third-order valence-electron chi connectivity index (χ3n) is 5.30. The lowest BCUT2D eigenvalue weighted by Gasteiger charge is -2.35. The second-order valence-corrected chi connectivity index (χ2v) is 7.28. The standard InChI is InChI=1S/C18H31N5/c1-21(2)18-15(5-4-9-19-18)13-20-16-6-12-23(14-16)17-7-10-22(3)11-8-17/h4-5,9,16-17,20H,6-8,10-14H2,1-3H3. The number of hydrogen-bond donors (Lipinski definition) is 1. The summed E-state index contributed by atoms with van der Waals surface area (Å²) in [6, 6.07) is 5.63. The summed E-state index contributed by atoms with van der Waals surface area (Å²) >= 11 is 0. The molecule has 0 aromatic carbocycles. The molecule has 1 N–H and O–H groups in total. The summed E-state index contributed by atoms with van der Waals surface area (Å²) in [7, 11) is 6.35. The number of hydrogen-bond acceptors (Lipinski definition) is 5. The Kier molecular flexibility index (Phi) is 5.51. The van der Waals surface area contributed by atoms with Gasteiger partial charge in [0.25, 0.3) is 0 Å². The Bertz CT molecular complexity index is 496. The van der Waals surface area contributed by atoms with Crippen molar-refractivity contribution in [2.45, 2.75) is 37.9 Å². The number of piperidine rings is 1. The fraction of sp³-hybridized carbons (Fsp3) is 0.722. The van der Waals surface area contributed by atoms with E-state index in [1.54, 1.807) is 0 Å². The highest BCUT2D eigenvalue weighted by molar-refractivity contribution is 5.45. The van der Waals surface area contributed by atoms with Crippen LogP contribution in [0.1, 0.15) is 24.8 Å². The molecule has 23 heavy (non-hydrogen) atoms. The maximum atomic E-state index is 4.49. The molecule has 0 amide bonds. The predicted molar refractivity (Wildman–Crippen MR) is 95.9 cm³/mol. The van der Waals surface area contributed by atoms with Gasteiger partial charge in [-0.25, -0.2) is 4.98 Å². The number of rotatable bonds is 5. The van der Waals surface area contributed by atoms with E-state index in [1.165, 1.54) is 51.0 Å². The van der Waals surface area contributed by atoms with Crippen LogP contribution in [-0.4, -0.2) is 74.2 Å². The molecular formula is C18H31N5. The summed E-state index contributed by atoms with van der Waals surface area (Å²) < 4.78 is 0. The van der Waals surface area contributed by atoms with E-state index in [0.29, 0.717) is 6.04 Å². The molecule has 1 atom stereocenters. The lowest BCUT2D eigenvalue weighted by atomic mass is 10.0. The van der Waals surface area contributed by atoms with Gasteiger partial charge in [-0.2, -0.15) is 0 Å². The van der Waals surface area contributed by atoms with Gasteiger partial charge < -0.3 is 15.1 Å². The van der Waals surface area contributed by atoms with Gasteiger partial charge in [0.1, 0.15) is 5.82 Å². The van der Waals surface area contributed by atoms with Crippen molar-refractivity contribution in [1.82, 2.24) is 20.1 Å². The van der Waals surface area contributed by atoms with E-state index in [0.717, 1.165) is 18.4 Å². The van der Waals surface area contributed by atoms with E-state index in [9.17, 15) is 0 Å². The van der Waals surface area contributed by atoms with Crippen molar-refractivity contribution in [3.8, 4) is 0 Å². The van der Waals surface area contributed by atoms with E-state index in [2.05, 4.69) is 52.2 Å². The second-order valence-electron chi connectivity index (χ2n) is 7.28. The monoisotopic (exact) mass is 317 g/mol. The van der Waals surface area contributed by atoms with Gasteiger partial charge in [0.2, 0.25) is 0 Å². The molecule has 5 heteroatoms. The van der Waals surface area contributed by atoms with Gasteiger partial charge in [0, 0.05) is 57.6 Å². The van der Waals surface area contributed by atoms with E-state index in [-0.39, 0.29) is 0 Å². The first-order chi connectivity index (χ1) is 11.1. The van der Waals surface area contributed by atoms with Gasteiger partial charge in [-0.15, -0.1) is 0 Å². The Morgan fingerprint density at radius 1 is 1.22 bits per heavy atom. The number of likely N-dealkylation sites (tertiary alicyclic amines) is 2. The second kappa shape index (κ2) is 7.60. The van der Waals surface area contributed by atoms with Crippen LogP contribution in [0.3, 0.4) is 0 Å². The number of nitrogens with one attached hydrogen (secondary N) is 1. The molecule has 1 aromatic rings. The Morgan fingerprint density at radius 2 is 2.00 bits per heavy atom. The Hall–Kier alpha value is -1.17. The SMILES string of the molecule is CN1CCC(N2CCC(NCc3cccnc3N(C)C)C2)CC1. The third kappa shape index (κ3) is 4.22. The van der Waals surface area contributed by atoms with Crippen LogP contribution >= 0.6 is 0 Å². The van der Waals surface area contributed by atoms with Crippen LogP contribution in [0.4, 0.5) is 5.82 Å². The molecule has 1 unspecified atom stereocenters. The van der Waals surface area contributed by atoms with Crippen LogP contribution in [-0.2, 0) is 6.54 Å². The zero-order chi connectivity index (χ0) is 16.2. The molecule has 128 valence electrons. The summed E-state index contributed by atoms with van der Waals surface area (Å²) in [5.41, 5.74) is 1.29. The first-order valence-corrected chi connectivity index (χ1v) is 8.90. The number of nitrogens with zero attached hydrogens (tertiary/aromatic N) is 4. The Labute approximate surface area is 140 Å². The molecule has 2 aliphatic rings. The molecule has 3 rings (SSSR count). The normalized spacial score (nSPS) is 24.2. The van der Waals surface area contributed by atoms with Crippen LogP contribution in [0.2, 0.25) is 0 Å². The Morgan fingerprint density at radius 3 is 2.74 bits per heavy atom. The minimum Gasteiger partial charge on any atom is -0.362 e. The lowest BCUT2D eigenvalue weighted by molar-refractivity contribution is 0.141. The smallest absolute Gasteiger partial charge is 0.132 e. The van der Waals surface area contributed by atoms with Crippen molar-refractivity contribution in [3.05, 3.63) is 23.9 Å². The lowest BCUT2D eigenvalue weighted by Crippen LogP contribution is -2.44. The van der Waals surface area contributed by atoms with Gasteiger partial charge in [-0.05, 0) is 45.5 Å². The maximum Gasteiger partial charge on any atom is 0.132 e. The topological polar surface area (TPSA) is 34.6 Å². The first-order valence-electron chi connectivity index (χ1n) is 8.90. The zero-order valence-electron chi connectivity index (χ0n) is 14.8. The summed E-state index contributed by atoms with van der Waals surface area (Å²) in [5, 5.41) is 3.75. The van der Waals surface area contributed by atoms with Gasteiger partial charge in [-0.1, -0.05) is 6.07 Å². The minimum atomic E-state index is 0.616. The molecule has 0 spiro atoms. The minimum absolute atomic E-state index is 0.616. The van der Waals surface area contributed by atoms with Crippen LogP contribution < -0.4 is 10.2 Å². The molecule has 0 aliphatic carbocycles. The molecule has 5 nitrogen and oxygen atoms in total. The van der Waals surface area contributed by atoms with Crippen molar-refractivity contribution in [3.63, 3.8) is 0 Å². The van der Waals surface area contributed by atoms with E-state index >= 15 is 0 Å². The predicted octanol–water partition coefficient (Wildman–Crippen LogP) is 1.41. The maximum absolute atomic E-state index is 4.49. The largest absolute Gasteiger partial charge is 0.362 e. The molecular weight excluding hydrogens is 286 g/mol. The number of aromatic nitrogens is 1. The average Bonchev–Trinajstić information content (AvgIpc) is 3.03. The highest BCUT2D eigenvalue weighted by Gasteiger charge is 2.29. The van der Waals surface area contributed by atoms with Gasteiger partial charge >= 0.3 is 0 Å². The Balaban J connectivity index is 1.49. The fourth-order valence-corrected chi connectivity index (χ4v) is 3.87. The van der Waals surface area contributed by atoms with Crippen LogP contribution in [0.5, 0.6) is 0 Å². The van der Waals surface area contributed by atoms with E-state index < -0.39 is 0 Å². The fourth-order valence-electron chi connectivity index (χ4n) is 3.87. The summed E-state index contributed by atoms with van der Waals surface area (Å²) in [5.74, 6) is 1.07. The number of anilines is 1. The molecule has 2 saturated heterocycles. The van der Waals surface area contributed by atoms with Crippen molar-refractivity contribution >= 4 is 5.82 Å². The van der Waals surface area contributed by atoms with Crippen molar-refractivity contribution in [2.75, 3.05) is 52.2 Å². The molecule has 2 fully saturated rings. The van der Waals surface area contributed by atoms with E-state index in [4.69, 9.17) is 0 Å². The van der Waals surface area contributed by atoms with Crippen molar-refractivity contribution < 1.29 is 0 Å². The zero-order valence-corrected chi connectivity index (χ0v) is 14.8. The van der Waals surface area contributed by atoms with Crippen LogP contribution in [0, 0.1) is 0 Å². The summed E-state index contributed by atoms with van der Waals surface area (Å²) in [6.07, 6.45) is 5.80. The van der Waals surface area contributed by atoms with Crippen molar-refractivity contribution in [1.29, 1.82) is 0 Å². The summed E-state index contributed by atoms with van der Waals surface area (Å²) in [4.78, 5) is 11.7. The first kappa shape index (κ1) is 16.7. The highest BCUT2D eigenvalue weighted by Crippen LogP contribution is 2.21. The molecule has 2 aliphatic heterocycles. The number of pyridine rings is 1. The average molecular weight is 317 g/mol. The van der Waals surface area contributed by atoms with Crippen LogP contribution in [0.15, 0.2) is 18.3 Å². The summed E-state index contributed by atoms with van der Waals surface area (Å²) in [6.45, 7) is 5.86. The van der Waals surface area contributed by atoms with E-state index in [1.807, 2.05) is 12.3 Å². The van der Waals surface area contributed by atoms with Gasteiger partial charge in [-0.3, -0.25) is 4.90 Å². The highest BCUT2D eigenvalue weighted by atomic mass is 15.2. The van der Waals surface area contributed by atoms with Crippen LogP contribution in [0.25, 0.3) is 0 Å². The molecule has 0 bridgehead atoms. The van der Waals surface area contributed by atoms with Gasteiger partial charge in [0.15, 0.2) is 0 Å². The molecule has 3 heterocycles. The quantitative estimate of drug-likeness (QED) is 0.888. The molecule has 0 radical (unpaired) electrons. The van der Waals surface area contributed by atoms with Gasteiger partial charge in [0.05, 0.1) is 0 Å².